The average molecular weight is 287 g/mol. The maximum absolute atomic E-state index is 5.84. The molecule has 0 amide bonds. The Kier molecular flexibility index (Phi) is 7.13. The van der Waals surface area contributed by atoms with Gasteiger partial charge in [0.05, 0.1) is 19.4 Å². The third-order valence-electron chi connectivity index (χ3n) is 3.14. The van der Waals surface area contributed by atoms with E-state index in [4.69, 9.17) is 21.1 Å². The van der Waals surface area contributed by atoms with E-state index in [0.29, 0.717) is 12.5 Å². The third kappa shape index (κ3) is 4.64. The van der Waals surface area contributed by atoms with Crippen LogP contribution in [0.3, 0.4) is 0 Å². The molecule has 1 rings (SSSR count). The molecule has 5 heteroatoms. The normalized spacial score (nSPS) is 11.1. The van der Waals surface area contributed by atoms with Gasteiger partial charge in [0, 0.05) is 49.9 Å². The number of alkyl halides is 1. The first kappa shape index (κ1) is 16.2. The molecule has 0 fully saturated rings. The van der Waals surface area contributed by atoms with E-state index < -0.39 is 0 Å². The van der Waals surface area contributed by atoms with Gasteiger partial charge in [0.15, 0.2) is 0 Å². The summed E-state index contributed by atoms with van der Waals surface area (Å²) in [6.07, 6.45) is 1.86. The van der Waals surface area contributed by atoms with Gasteiger partial charge in [-0.25, -0.2) is 0 Å². The van der Waals surface area contributed by atoms with Crippen molar-refractivity contribution in [3.05, 3.63) is 23.0 Å². The maximum Gasteiger partial charge on any atom is 0.128 e. The zero-order valence-electron chi connectivity index (χ0n) is 12.2. The highest BCUT2D eigenvalue weighted by molar-refractivity contribution is 6.18. The fourth-order valence-corrected chi connectivity index (χ4v) is 2.29. The number of halogens is 1. The van der Waals surface area contributed by atoms with Gasteiger partial charge in [-0.1, -0.05) is 0 Å². The third-order valence-corrected chi connectivity index (χ3v) is 3.30. The molecule has 19 heavy (non-hydrogen) atoms. The number of rotatable bonds is 8. The number of ether oxygens (including phenoxy) is 2. The molecule has 0 unspecified atom stereocenters. The zero-order chi connectivity index (χ0) is 14.3. The van der Waals surface area contributed by atoms with Gasteiger partial charge in [-0.2, -0.15) is 0 Å². The Bertz CT molecular complexity index is 399. The van der Waals surface area contributed by atoms with Gasteiger partial charge in [-0.3, -0.25) is 9.88 Å². The van der Waals surface area contributed by atoms with Gasteiger partial charge in [-0.05, 0) is 13.8 Å². The van der Waals surface area contributed by atoms with Crippen LogP contribution in [-0.4, -0.2) is 49.7 Å². The van der Waals surface area contributed by atoms with Crippen molar-refractivity contribution in [3.8, 4) is 5.75 Å². The molecule has 0 saturated heterocycles. The lowest BCUT2D eigenvalue weighted by atomic mass is 10.1. The molecule has 0 aliphatic rings. The van der Waals surface area contributed by atoms with Crippen molar-refractivity contribution in [1.29, 1.82) is 0 Å². The summed E-state index contributed by atoms with van der Waals surface area (Å²) in [6, 6.07) is 0. The van der Waals surface area contributed by atoms with Crippen LogP contribution in [0.2, 0.25) is 0 Å². The van der Waals surface area contributed by atoms with Crippen LogP contribution in [-0.2, 0) is 11.3 Å². The minimum absolute atomic E-state index is 0.603. The van der Waals surface area contributed by atoms with Gasteiger partial charge < -0.3 is 9.47 Å². The number of aromatic nitrogens is 1. The highest BCUT2D eigenvalue weighted by atomic mass is 35.5. The standard InChI is InChI=1S/C14H23ClN2O2/c1-11-9-16-13(12(2)14(11)19-4)10-17(6-5-15)7-8-18-3/h9H,5-8,10H2,1-4H3. The molecular weight excluding hydrogens is 264 g/mol. The smallest absolute Gasteiger partial charge is 0.128 e. The Hall–Kier alpha value is -0.840. The van der Waals surface area contributed by atoms with Gasteiger partial charge in [0.25, 0.3) is 0 Å². The Labute approximate surface area is 120 Å². The van der Waals surface area contributed by atoms with Gasteiger partial charge in [-0.15, -0.1) is 11.6 Å². The maximum atomic E-state index is 5.84. The lowest BCUT2D eigenvalue weighted by Crippen LogP contribution is -2.29. The second kappa shape index (κ2) is 8.35. The summed E-state index contributed by atoms with van der Waals surface area (Å²) in [7, 11) is 3.40. The predicted octanol–water partition coefficient (Wildman–Crippen LogP) is 2.39. The van der Waals surface area contributed by atoms with Crippen LogP contribution < -0.4 is 4.74 Å². The summed E-state index contributed by atoms with van der Waals surface area (Å²) < 4.78 is 10.6. The van der Waals surface area contributed by atoms with Crippen LogP contribution in [0.25, 0.3) is 0 Å². The molecule has 0 atom stereocenters. The number of methoxy groups -OCH3 is 2. The van der Waals surface area contributed by atoms with Crippen LogP contribution in [0.15, 0.2) is 6.20 Å². The summed E-state index contributed by atoms with van der Waals surface area (Å²) >= 11 is 5.84. The molecule has 0 bridgehead atoms. The quantitative estimate of drug-likeness (QED) is 0.687. The molecule has 1 heterocycles. The molecule has 0 aliphatic heterocycles. The number of nitrogens with zero attached hydrogens (tertiary/aromatic N) is 2. The SMILES string of the molecule is COCCN(CCCl)Cc1ncc(C)c(OC)c1C. The largest absolute Gasteiger partial charge is 0.496 e. The molecule has 0 aliphatic carbocycles. The topological polar surface area (TPSA) is 34.6 Å². The van der Waals surface area contributed by atoms with Crippen LogP contribution in [0.1, 0.15) is 16.8 Å². The summed E-state index contributed by atoms with van der Waals surface area (Å²) in [5.41, 5.74) is 3.19. The molecule has 0 N–H and O–H groups in total. The summed E-state index contributed by atoms with van der Waals surface area (Å²) in [4.78, 5) is 6.75. The molecule has 0 saturated carbocycles. The average Bonchev–Trinajstić information content (AvgIpc) is 2.40. The Morgan fingerprint density at radius 2 is 2.00 bits per heavy atom. The van der Waals surface area contributed by atoms with E-state index in [9.17, 15) is 0 Å². The van der Waals surface area contributed by atoms with E-state index in [1.165, 1.54) is 0 Å². The minimum atomic E-state index is 0.603. The summed E-state index contributed by atoms with van der Waals surface area (Å²) in [6.45, 7) is 7.17. The Balaban J connectivity index is 2.83. The summed E-state index contributed by atoms with van der Waals surface area (Å²) in [5, 5.41) is 0. The first-order valence-corrected chi connectivity index (χ1v) is 6.93. The molecule has 0 radical (unpaired) electrons. The highest BCUT2D eigenvalue weighted by Crippen LogP contribution is 2.24. The number of pyridine rings is 1. The molecule has 0 aromatic carbocycles. The van der Waals surface area contributed by atoms with Crippen LogP contribution in [0.5, 0.6) is 5.75 Å². The summed E-state index contributed by atoms with van der Waals surface area (Å²) in [5.74, 6) is 1.52. The molecule has 108 valence electrons. The lowest BCUT2D eigenvalue weighted by molar-refractivity contribution is 0.147. The van der Waals surface area contributed by atoms with Crippen molar-refractivity contribution < 1.29 is 9.47 Å². The fourth-order valence-electron chi connectivity index (χ4n) is 2.05. The van der Waals surface area contributed by atoms with E-state index >= 15 is 0 Å². The van der Waals surface area contributed by atoms with Gasteiger partial charge in [0.2, 0.25) is 0 Å². The van der Waals surface area contributed by atoms with Gasteiger partial charge in [0.1, 0.15) is 5.75 Å². The highest BCUT2D eigenvalue weighted by Gasteiger charge is 2.13. The van der Waals surface area contributed by atoms with Gasteiger partial charge >= 0.3 is 0 Å². The number of hydrogen-bond donors (Lipinski definition) is 0. The van der Waals surface area contributed by atoms with Crippen LogP contribution in [0.4, 0.5) is 0 Å². The van der Waals surface area contributed by atoms with Crippen molar-refractivity contribution in [2.45, 2.75) is 20.4 Å². The Morgan fingerprint density at radius 1 is 1.26 bits per heavy atom. The van der Waals surface area contributed by atoms with E-state index in [1.54, 1.807) is 14.2 Å². The first-order chi connectivity index (χ1) is 9.13. The van der Waals surface area contributed by atoms with Crippen LogP contribution >= 0.6 is 11.6 Å². The molecule has 1 aromatic rings. The monoisotopic (exact) mass is 286 g/mol. The van der Waals surface area contributed by atoms with Crippen molar-refractivity contribution in [3.63, 3.8) is 0 Å². The first-order valence-electron chi connectivity index (χ1n) is 6.40. The number of aryl methyl sites for hydroxylation is 1. The van der Waals surface area contributed by atoms with Crippen molar-refractivity contribution in [2.75, 3.05) is 39.8 Å². The van der Waals surface area contributed by atoms with Crippen molar-refractivity contribution >= 4 is 11.6 Å². The van der Waals surface area contributed by atoms with Crippen molar-refractivity contribution in [1.82, 2.24) is 9.88 Å². The zero-order valence-corrected chi connectivity index (χ0v) is 13.0. The number of hydrogen-bond acceptors (Lipinski definition) is 4. The van der Waals surface area contributed by atoms with E-state index in [1.807, 2.05) is 20.0 Å². The molecule has 0 spiro atoms. The van der Waals surface area contributed by atoms with E-state index in [0.717, 1.165) is 42.2 Å². The lowest BCUT2D eigenvalue weighted by Gasteiger charge is -2.22. The predicted molar refractivity (Wildman–Crippen MR) is 78.1 cm³/mol. The second-order valence-corrected chi connectivity index (χ2v) is 4.88. The van der Waals surface area contributed by atoms with Crippen molar-refractivity contribution in [2.24, 2.45) is 0 Å². The minimum Gasteiger partial charge on any atom is -0.496 e. The molecule has 1 aromatic heterocycles. The Morgan fingerprint density at radius 3 is 2.58 bits per heavy atom. The van der Waals surface area contributed by atoms with E-state index in [-0.39, 0.29) is 0 Å². The molecule has 4 nitrogen and oxygen atoms in total. The van der Waals surface area contributed by atoms with Crippen LogP contribution in [0, 0.1) is 13.8 Å². The molecular formula is C14H23ClN2O2. The van der Waals surface area contributed by atoms with E-state index in [2.05, 4.69) is 9.88 Å². The second-order valence-electron chi connectivity index (χ2n) is 4.50. The fraction of sp³-hybridized carbons (Fsp3) is 0.643.